The number of aliphatic hydroxyl groups is 1. The van der Waals surface area contributed by atoms with E-state index in [1.807, 2.05) is 0 Å². The summed E-state index contributed by atoms with van der Waals surface area (Å²) in [6.45, 7) is 4.72. The van der Waals surface area contributed by atoms with Crippen LogP contribution >= 0.6 is 0 Å². The number of imide groups is 1. The number of carbonyl (C=O) groups is 3. The van der Waals surface area contributed by atoms with Gasteiger partial charge in [0.05, 0.1) is 0 Å². The molecule has 4 amide bonds. The van der Waals surface area contributed by atoms with Gasteiger partial charge in [0.25, 0.3) is 5.91 Å². The fraction of sp³-hybridized carbons (Fsp3) is 0.786. The Morgan fingerprint density at radius 3 is 2.71 bits per heavy atom. The molecule has 2 N–H and O–H groups in total. The minimum absolute atomic E-state index is 0.0709. The summed E-state index contributed by atoms with van der Waals surface area (Å²) in [6.07, 6.45) is 1.95. The highest BCUT2D eigenvalue weighted by molar-refractivity contribution is 6.06. The van der Waals surface area contributed by atoms with E-state index in [-0.39, 0.29) is 37.3 Å². The first-order valence-corrected chi connectivity index (χ1v) is 7.38. The molecule has 0 radical (unpaired) electrons. The topological polar surface area (TPSA) is 90.0 Å². The number of carbonyl (C=O) groups excluding carboxylic acids is 3. The molecular formula is C14H23N3O4. The van der Waals surface area contributed by atoms with Gasteiger partial charge in [-0.2, -0.15) is 0 Å². The van der Waals surface area contributed by atoms with Gasteiger partial charge in [0, 0.05) is 32.7 Å². The molecule has 1 atom stereocenters. The number of aliphatic hydroxyl groups excluding tert-OH is 1. The Morgan fingerprint density at radius 1 is 1.43 bits per heavy atom. The molecule has 0 aromatic carbocycles. The van der Waals surface area contributed by atoms with Crippen molar-refractivity contribution in [3.05, 3.63) is 0 Å². The summed E-state index contributed by atoms with van der Waals surface area (Å²) in [5, 5.41) is 11.8. The summed E-state index contributed by atoms with van der Waals surface area (Å²) in [5.74, 6) is -0.232. The average molecular weight is 297 g/mol. The van der Waals surface area contributed by atoms with E-state index in [4.69, 9.17) is 0 Å². The first-order valence-electron chi connectivity index (χ1n) is 7.38. The van der Waals surface area contributed by atoms with Crippen LogP contribution in [0.4, 0.5) is 4.79 Å². The number of amides is 4. The minimum atomic E-state index is -0.896. The lowest BCUT2D eigenvalue weighted by Gasteiger charge is -2.32. The molecule has 21 heavy (non-hydrogen) atoms. The molecule has 0 aromatic heterocycles. The molecule has 2 heterocycles. The predicted molar refractivity (Wildman–Crippen MR) is 75.3 cm³/mol. The summed E-state index contributed by atoms with van der Waals surface area (Å²) in [7, 11) is 0. The quantitative estimate of drug-likeness (QED) is 0.711. The molecule has 1 unspecified atom stereocenters. The van der Waals surface area contributed by atoms with Crippen molar-refractivity contribution in [3.63, 3.8) is 0 Å². The Balaban J connectivity index is 1.87. The minimum Gasteiger partial charge on any atom is -0.396 e. The predicted octanol–water partition coefficient (Wildman–Crippen LogP) is -0.0622. The van der Waals surface area contributed by atoms with E-state index in [2.05, 4.69) is 5.32 Å². The van der Waals surface area contributed by atoms with Crippen LogP contribution in [0.15, 0.2) is 0 Å². The molecule has 0 spiro atoms. The summed E-state index contributed by atoms with van der Waals surface area (Å²) in [6, 6.07) is -0.440. The van der Waals surface area contributed by atoms with Crippen LogP contribution in [0.5, 0.6) is 0 Å². The lowest BCUT2D eigenvalue weighted by molar-refractivity contribution is -0.134. The third-order valence-electron chi connectivity index (χ3n) is 4.12. The van der Waals surface area contributed by atoms with E-state index in [9.17, 15) is 19.5 Å². The Hall–Kier alpha value is -1.63. The zero-order valence-electron chi connectivity index (χ0n) is 12.6. The number of hydrogen-bond donors (Lipinski definition) is 2. The second-order valence-corrected chi connectivity index (χ2v) is 6.29. The Bertz CT molecular complexity index is 450. The number of nitrogens with one attached hydrogen (secondary N) is 1. The molecule has 7 heteroatoms. The van der Waals surface area contributed by atoms with Crippen LogP contribution in [0.2, 0.25) is 0 Å². The Labute approximate surface area is 124 Å². The maximum absolute atomic E-state index is 12.2. The third-order valence-corrected chi connectivity index (χ3v) is 4.12. The lowest BCUT2D eigenvalue weighted by atomic mass is 9.99. The smallest absolute Gasteiger partial charge is 0.325 e. The molecule has 2 fully saturated rings. The third kappa shape index (κ3) is 3.34. The highest BCUT2D eigenvalue weighted by Gasteiger charge is 2.44. The summed E-state index contributed by atoms with van der Waals surface area (Å²) >= 11 is 0. The van der Waals surface area contributed by atoms with Crippen LogP contribution < -0.4 is 5.32 Å². The van der Waals surface area contributed by atoms with Gasteiger partial charge in [-0.15, -0.1) is 0 Å². The first kappa shape index (κ1) is 15.8. The Morgan fingerprint density at radius 2 is 2.14 bits per heavy atom. The van der Waals surface area contributed by atoms with Gasteiger partial charge < -0.3 is 15.3 Å². The number of hydrogen-bond acceptors (Lipinski definition) is 4. The van der Waals surface area contributed by atoms with E-state index < -0.39 is 11.6 Å². The molecule has 0 bridgehead atoms. The van der Waals surface area contributed by atoms with E-state index in [0.29, 0.717) is 13.1 Å². The largest absolute Gasteiger partial charge is 0.396 e. The molecule has 2 rings (SSSR count). The fourth-order valence-electron chi connectivity index (χ4n) is 2.83. The van der Waals surface area contributed by atoms with Crippen LogP contribution in [0.1, 0.15) is 33.1 Å². The zero-order chi connectivity index (χ0) is 15.6. The standard InChI is InChI=1S/C14H23N3O4/c1-14(2)12(20)17(13(21)15-14)7-5-11(19)16-6-3-4-10(8-16)9-18/h10,18H,3-9H2,1-2H3,(H,15,21). The van der Waals surface area contributed by atoms with Crippen LogP contribution in [0, 0.1) is 5.92 Å². The van der Waals surface area contributed by atoms with E-state index in [1.165, 1.54) is 0 Å². The molecule has 118 valence electrons. The van der Waals surface area contributed by atoms with Gasteiger partial charge in [-0.25, -0.2) is 4.79 Å². The van der Waals surface area contributed by atoms with Crippen molar-refractivity contribution in [2.24, 2.45) is 5.92 Å². The maximum Gasteiger partial charge on any atom is 0.325 e. The molecule has 0 saturated carbocycles. The van der Waals surface area contributed by atoms with Crippen LogP contribution in [-0.4, -0.2) is 64.5 Å². The SMILES string of the molecule is CC1(C)NC(=O)N(CCC(=O)N2CCCC(CO)C2)C1=O. The molecule has 2 aliphatic heterocycles. The van der Waals surface area contributed by atoms with E-state index in [1.54, 1.807) is 18.7 Å². The van der Waals surface area contributed by atoms with Gasteiger partial charge in [0.2, 0.25) is 5.91 Å². The molecule has 7 nitrogen and oxygen atoms in total. The molecular weight excluding hydrogens is 274 g/mol. The summed E-state index contributed by atoms with van der Waals surface area (Å²) in [4.78, 5) is 38.7. The van der Waals surface area contributed by atoms with Gasteiger partial charge in [0.15, 0.2) is 0 Å². The van der Waals surface area contributed by atoms with Crippen molar-refractivity contribution < 1.29 is 19.5 Å². The van der Waals surface area contributed by atoms with Gasteiger partial charge in [0.1, 0.15) is 5.54 Å². The highest BCUT2D eigenvalue weighted by Crippen LogP contribution is 2.19. The van der Waals surface area contributed by atoms with Gasteiger partial charge in [-0.3, -0.25) is 14.5 Å². The van der Waals surface area contributed by atoms with Crippen molar-refractivity contribution in [3.8, 4) is 0 Å². The van der Waals surface area contributed by atoms with Crippen LogP contribution in [-0.2, 0) is 9.59 Å². The molecule has 0 aromatic rings. The molecule has 2 aliphatic rings. The fourth-order valence-corrected chi connectivity index (χ4v) is 2.83. The maximum atomic E-state index is 12.2. The number of urea groups is 1. The first-order chi connectivity index (χ1) is 9.85. The summed E-state index contributed by atoms with van der Waals surface area (Å²) < 4.78 is 0. The zero-order valence-corrected chi connectivity index (χ0v) is 12.6. The van der Waals surface area contributed by atoms with Crippen LogP contribution in [0.25, 0.3) is 0 Å². The number of rotatable bonds is 4. The van der Waals surface area contributed by atoms with Crippen LogP contribution in [0.3, 0.4) is 0 Å². The van der Waals surface area contributed by atoms with Gasteiger partial charge in [-0.1, -0.05) is 0 Å². The second-order valence-electron chi connectivity index (χ2n) is 6.29. The monoisotopic (exact) mass is 297 g/mol. The van der Waals surface area contributed by atoms with E-state index in [0.717, 1.165) is 17.7 Å². The number of likely N-dealkylation sites (tertiary alicyclic amines) is 1. The lowest BCUT2D eigenvalue weighted by Crippen LogP contribution is -2.43. The number of nitrogens with zero attached hydrogens (tertiary/aromatic N) is 2. The van der Waals surface area contributed by atoms with Crippen molar-refractivity contribution in [2.45, 2.75) is 38.6 Å². The molecule has 2 saturated heterocycles. The van der Waals surface area contributed by atoms with Crippen molar-refractivity contribution in [1.29, 1.82) is 0 Å². The summed E-state index contributed by atoms with van der Waals surface area (Å²) in [5.41, 5.74) is -0.896. The normalized spacial score (nSPS) is 25.2. The average Bonchev–Trinajstić information content (AvgIpc) is 2.65. The van der Waals surface area contributed by atoms with Crippen molar-refractivity contribution >= 4 is 17.8 Å². The van der Waals surface area contributed by atoms with Crippen molar-refractivity contribution in [1.82, 2.24) is 15.1 Å². The molecule has 0 aliphatic carbocycles. The highest BCUT2D eigenvalue weighted by atomic mass is 16.3. The van der Waals surface area contributed by atoms with Gasteiger partial charge in [-0.05, 0) is 32.6 Å². The second kappa shape index (κ2) is 6.01. The van der Waals surface area contributed by atoms with Gasteiger partial charge >= 0.3 is 6.03 Å². The Kier molecular flexibility index (Phi) is 4.51. The van der Waals surface area contributed by atoms with E-state index >= 15 is 0 Å². The van der Waals surface area contributed by atoms with Crippen molar-refractivity contribution in [2.75, 3.05) is 26.2 Å². The number of piperidine rings is 1.